The van der Waals surface area contributed by atoms with Crippen LogP contribution in [-0.2, 0) is 4.79 Å². The third kappa shape index (κ3) is 5.22. The molecule has 0 atom stereocenters. The van der Waals surface area contributed by atoms with Crippen molar-refractivity contribution in [1.82, 2.24) is 15.1 Å². The number of para-hydroxylation sites is 1. The third-order valence-electron chi connectivity index (χ3n) is 6.62. The highest BCUT2D eigenvalue weighted by Gasteiger charge is 2.23. The van der Waals surface area contributed by atoms with Crippen LogP contribution in [-0.4, -0.2) is 53.8 Å². The first-order chi connectivity index (χ1) is 16.3. The summed E-state index contributed by atoms with van der Waals surface area (Å²) in [5.41, 5.74) is 6.87. The molecule has 0 N–H and O–H groups in total. The van der Waals surface area contributed by atoms with Crippen molar-refractivity contribution in [3.8, 4) is 17.0 Å². The van der Waals surface area contributed by atoms with Gasteiger partial charge in [-0.2, -0.15) is 0 Å². The van der Waals surface area contributed by atoms with Gasteiger partial charge in [0, 0.05) is 31.7 Å². The van der Waals surface area contributed by atoms with E-state index in [2.05, 4.69) is 67.9 Å². The Bertz CT molecular complexity index is 1150. The first-order valence-electron chi connectivity index (χ1n) is 12.0. The highest BCUT2D eigenvalue weighted by atomic mass is 16.5. The summed E-state index contributed by atoms with van der Waals surface area (Å²) in [6.45, 7) is 13.4. The Kier molecular flexibility index (Phi) is 7.15. The molecule has 1 aromatic heterocycles. The predicted molar refractivity (Wildman–Crippen MR) is 136 cm³/mol. The van der Waals surface area contributed by atoms with E-state index in [1.807, 2.05) is 35.2 Å². The zero-order valence-corrected chi connectivity index (χ0v) is 20.8. The Morgan fingerprint density at radius 2 is 1.62 bits per heavy atom. The third-order valence-corrected chi connectivity index (χ3v) is 6.62. The number of carbonyl (C=O) groups excluding carboxylic acids is 1. The van der Waals surface area contributed by atoms with E-state index >= 15 is 0 Å². The number of ether oxygens (including phenoxy) is 1. The van der Waals surface area contributed by atoms with E-state index in [1.165, 1.54) is 16.7 Å². The number of hydrogen-bond donors (Lipinski definition) is 0. The number of amides is 1. The lowest BCUT2D eigenvalue weighted by atomic mass is 9.99. The quantitative estimate of drug-likeness (QED) is 0.525. The molecule has 0 saturated carbocycles. The monoisotopic (exact) mass is 458 g/mol. The molecule has 3 aromatic rings. The van der Waals surface area contributed by atoms with Crippen LogP contribution in [0.2, 0.25) is 0 Å². The number of rotatable bonds is 6. The number of nitrogens with zero attached hydrogens (tertiary/aromatic N) is 4. The van der Waals surface area contributed by atoms with Gasteiger partial charge in [-0.05, 0) is 73.2 Å². The molecule has 1 saturated heterocycles. The summed E-state index contributed by atoms with van der Waals surface area (Å²) >= 11 is 0. The number of carbonyl (C=O) groups is 1. The summed E-state index contributed by atoms with van der Waals surface area (Å²) < 4.78 is 5.88. The molecule has 1 aliphatic heterocycles. The molecule has 6 heteroatoms. The number of anilines is 1. The Labute approximate surface area is 202 Å². The summed E-state index contributed by atoms with van der Waals surface area (Å²) in [6, 6.07) is 16.4. The lowest BCUT2D eigenvalue weighted by molar-refractivity contribution is -0.133. The van der Waals surface area contributed by atoms with Crippen molar-refractivity contribution in [2.75, 3.05) is 37.7 Å². The number of aryl methyl sites for hydroxylation is 3. The van der Waals surface area contributed by atoms with E-state index in [9.17, 15) is 4.79 Å². The smallest absolute Gasteiger partial charge is 0.260 e. The van der Waals surface area contributed by atoms with E-state index in [-0.39, 0.29) is 12.5 Å². The van der Waals surface area contributed by atoms with Crippen LogP contribution in [0.4, 0.5) is 5.82 Å². The molecule has 1 fully saturated rings. The van der Waals surface area contributed by atoms with Gasteiger partial charge < -0.3 is 14.5 Å². The van der Waals surface area contributed by atoms with Crippen LogP contribution in [0.5, 0.6) is 5.75 Å². The van der Waals surface area contributed by atoms with E-state index in [0.29, 0.717) is 19.0 Å². The van der Waals surface area contributed by atoms with Crippen molar-refractivity contribution in [1.29, 1.82) is 0 Å². The van der Waals surface area contributed by atoms with Gasteiger partial charge >= 0.3 is 0 Å². The van der Waals surface area contributed by atoms with Gasteiger partial charge in [0.1, 0.15) is 5.75 Å². The molecule has 6 nitrogen and oxygen atoms in total. The molecule has 1 amide bonds. The topological polar surface area (TPSA) is 58.6 Å². The first-order valence-corrected chi connectivity index (χ1v) is 12.0. The van der Waals surface area contributed by atoms with Gasteiger partial charge in [-0.3, -0.25) is 4.79 Å². The standard InChI is InChI=1S/C28H34N4O2/c1-19(2)23-8-6-7-9-26(23)34-18-28(33)32-14-12-31(13-15-32)27-11-10-25(29-30-27)24-17-21(4)20(3)16-22(24)5/h6-11,16-17,19H,12-15,18H2,1-5H3. The normalized spacial score (nSPS) is 13.9. The number of benzene rings is 2. The average Bonchev–Trinajstić information content (AvgIpc) is 2.85. The van der Waals surface area contributed by atoms with Gasteiger partial charge in [-0.25, -0.2) is 0 Å². The second-order valence-corrected chi connectivity index (χ2v) is 9.38. The van der Waals surface area contributed by atoms with Crippen LogP contribution in [0.1, 0.15) is 42.0 Å². The SMILES string of the molecule is Cc1cc(C)c(-c2ccc(N3CCN(C(=O)COc4ccccc4C(C)C)CC3)nn2)cc1C. The van der Waals surface area contributed by atoms with Crippen molar-refractivity contribution in [2.24, 2.45) is 0 Å². The van der Waals surface area contributed by atoms with Crippen molar-refractivity contribution < 1.29 is 9.53 Å². The molecule has 1 aliphatic rings. The second-order valence-electron chi connectivity index (χ2n) is 9.38. The van der Waals surface area contributed by atoms with E-state index in [4.69, 9.17) is 4.74 Å². The molecular weight excluding hydrogens is 424 g/mol. The minimum Gasteiger partial charge on any atom is -0.483 e. The molecule has 2 heterocycles. The fourth-order valence-electron chi connectivity index (χ4n) is 4.38. The first kappa shape index (κ1) is 23.7. The van der Waals surface area contributed by atoms with Gasteiger partial charge in [0.25, 0.3) is 5.91 Å². The second kappa shape index (κ2) is 10.2. The van der Waals surface area contributed by atoms with Crippen molar-refractivity contribution >= 4 is 11.7 Å². The van der Waals surface area contributed by atoms with E-state index in [0.717, 1.165) is 41.5 Å². The molecule has 0 spiro atoms. The summed E-state index contributed by atoms with van der Waals surface area (Å²) in [7, 11) is 0. The summed E-state index contributed by atoms with van der Waals surface area (Å²) in [5.74, 6) is 2.00. The van der Waals surface area contributed by atoms with Gasteiger partial charge in [0.05, 0.1) is 5.69 Å². The van der Waals surface area contributed by atoms with Crippen LogP contribution in [0, 0.1) is 20.8 Å². The minimum atomic E-state index is 0.0184. The van der Waals surface area contributed by atoms with Crippen molar-refractivity contribution in [2.45, 2.75) is 40.5 Å². The largest absolute Gasteiger partial charge is 0.483 e. The highest BCUT2D eigenvalue weighted by Crippen LogP contribution is 2.27. The van der Waals surface area contributed by atoms with Gasteiger partial charge in [-0.1, -0.05) is 38.1 Å². The van der Waals surface area contributed by atoms with Gasteiger partial charge in [-0.15, -0.1) is 10.2 Å². The zero-order chi connectivity index (χ0) is 24.2. The van der Waals surface area contributed by atoms with Crippen LogP contribution in [0.25, 0.3) is 11.3 Å². The molecular formula is C28H34N4O2. The lowest BCUT2D eigenvalue weighted by Crippen LogP contribution is -2.50. The summed E-state index contributed by atoms with van der Waals surface area (Å²) in [4.78, 5) is 16.8. The molecule has 4 rings (SSSR count). The van der Waals surface area contributed by atoms with Gasteiger partial charge in [0.15, 0.2) is 12.4 Å². The van der Waals surface area contributed by atoms with Crippen LogP contribution in [0.3, 0.4) is 0 Å². The molecule has 0 unspecified atom stereocenters. The maximum absolute atomic E-state index is 12.7. The van der Waals surface area contributed by atoms with E-state index in [1.54, 1.807) is 0 Å². The lowest BCUT2D eigenvalue weighted by Gasteiger charge is -2.35. The Morgan fingerprint density at radius 3 is 2.29 bits per heavy atom. The van der Waals surface area contributed by atoms with E-state index < -0.39 is 0 Å². The molecule has 34 heavy (non-hydrogen) atoms. The van der Waals surface area contributed by atoms with Crippen LogP contribution in [0.15, 0.2) is 48.5 Å². The molecule has 178 valence electrons. The number of hydrogen-bond acceptors (Lipinski definition) is 5. The summed E-state index contributed by atoms with van der Waals surface area (Å²) in [5, 5.41) is 8.99. The highest BCUT2D eigenvalue weighted by molar-refractivity contribution is 5.78. The van der Waals surface area contributed by atoms with Crippen LogP contribution < -0.4 is 9.64 Å². The Balaban J connectivity index is 1.33. The fourth-order valence-corrected chi connectivity index (χ4v) is 4.38. The molecule has 0 aliphatic carbocycles. The van der Waals surface area contributed by atoms with Gasteiger partial charge in [0.2, 0.25) is 0 Å². The zero-order valence-electron chi connectivity index (χ0n) is 20.8. The van der Waals surface area contributed by atoms with Crippen molar-refractivity contribution in [3.05, 3.63) is 70.8 Å². The number of aromatic nitrogens is 2. The minimum absolute atomic E-state index is 0.0184. The van der Waals surface area contributed by atoms with Crippen LogP contribution >= 0.6 is 0 Å². The molecule has 0 bridgehead atoms. The predicted octanol–water partition coefficient (Wildman–Crippen LogP) is 4.92. The summed E-state index contributed by atoms with van der Waals surface area (Å²) in [6.07, 6.45) is 0. The molecule has 2 aromatic carbocycles. The van der Waals surface area contributed by atoms with Crippen molar-refractivity contribution in [3.63, 3.8) is 0 Å². The average molecular weight is 459 g/mol. The number of piperazine rings is 1. The molecule has 0 radical (unpaired) electrons. The maximum Gasteiger partial charge on any atom is 0.260 e. The maximum atomic E-state index is 12.7. The fraction of sp³-hybridized carbons (Fsp3) is 0.393. The Hall–Kier alpha value is -3.41. The Morgan fingerprint density at radius 1 is 0.912 bits per heavy atom.